The van der Waals surface area contributed by atoms with Gasteiger partial charge in [-0.15, -0.1) is 0 Å². The second-order valence-corrected chi connectivity index (χ2v) is 8.43. The fraction of sp³-hybridized carbons (Fsp3) is 0.407. The standard InChI is InChI=1S/C27H29NO6/c1-3-10-22-21(17-33-24(29)19-11-6-4-7-12-19)15-16-23(27(22,18-28)26(31)32-2)34-25(30)20-13-8-5-9-14-20/h4-9,11-14,21-23H,3,10,15-17H2,1-2H3/t21-,22-,23+,27+/m0/s1. The van der Waals surface area contributed by atoms with E-state index in [4.69, 9.17) is 14.2 Å². The van der Waals surface area contributed by atoms with Gasteiger partial charge in [-0.25, -0.2) is 9.59 Å². The first-order valence-electron chi connectivity index (χ1n) is 11.5. The molecule has 7 nitrogen and oxygen atoms in total. The van der Waals surface area contributed by atoms with Crippen LogP contribution >= 0.6 is 0 Å². The summed E-state index contributed by atoms with van der Waals surface area (Å²) < 4.78 is 16.4. The van der Waals surface area contributed by atoms with Crippen LogP contribution in [0, 0.1) is 28.6 Å². The van der Waals surface area contributed by atoms with E-state index in [0.717, 1.165) is 0 Å². The van der Waals surface area contributed by atoms with Crippen molar-refractivity contribution in [3.05, 3.63) is 71.8 Å². The molecule has 0 saturated heterocycles. The normalized spacial score (nSPS) is 23.9. The molecule has 4 atom stereocenters. The molecule has 0 heterocycles. The molecule has 3 rings (SSSR count). The fourth-order valence-electron chi connectivity index (χ4n) is 4.79. The van der Waals surface area contributed by atoms with E-state index in [1.807, 2.05) is 13.0 Å². The first kappa shape index (κ1) is 25.0. The smallest absolute Gasteiger partial charge is 0.338 e. The van der Waals surface area contributed by atoms with Gasteiger partial charge in [0.05, 0.1) is 30.9 Å². The van der Waals surface area contributed by atoms with Crippen LogP contribution in [-0.2, 0) is 19.0 Å². The van der Waals surface area contributed by atoms with Crippen LogP contribution in [0.1, 0.15) is 53.3 Å². The number of nitriles is 1. The molecular weight excluding hydrogens is 434 g/mol. The molecule has 0 spiro atoms. The van der Waals surface area contributed by atoms with Crippen LogP contribution in [0.5, 0.6) is 0 Å². The molecule has 0 aliphatic heterocycles. The molecule has 0 unspecified atom stereocenters. The molecular formula is C27H29NO6. The van der Waals surface area contributed by atoms with Crippen molar-refractivity contribution in [2.45, 2.75) is 38.7 Å². The van der Waals surface area contributed by atoms with Gasteiger partial charge in [-0.05, 0) is 55.4 Å². The minimum Gasteiger partial charge on any atom is -0.468 e. The molecule has 0 bridgehead atoms. The predicted molar refractivity (Wildman–Crippen MR) is 124 cm³/mol. The Morgan fingerprint density at radius 3 is 2.09 bits per heavy atom. The van der Waals surface area contributed by atoms with Crippen molar-refractivity contribution >= 4 is 17.9 Å². The molecule has 7 heteroatoms. The minimum atomic E-state index is -1.70. The molecule has 0 N–H and O–H groups in total. The van der Waals surface area contributed by atoms with Gasteiger partial charge in [0.25, 0.3) is 0 Å². The third-order valence-electron chi connectivity index (χ3n) is 6.47. The Hall–Kier alpha value is -3.66. The number of nitrogens with zero attached hydrogens (tertiary/aromatic N) is 1. The summed E-state index contributed by atoms with van der Waals surface area (Å²) in [7, 11) is 1.22. The molecule has 178 valence electrons. The molecule has 0 amide bonds. The van der Waals surface area contributed by atoms with E-state index in [1.54, 1.807) is 54.6 Å². The van der Waals surface area contributed by atoms with Crippen molar-refractivity contribution in [3.8, 4) is 6.07 Å². The van der Waals surface area contributed by atoms with Crippen molar-refractivity contribution in [1.29, 1.82) is 5.26 Å². The van der Waals surface area contributed by atoms with Gasteiger partial charge in [0.2, 0.25) is 0 Å². The highest BCUT2D eigenvalue weighted by molar-refractivity contribution is 5.90. The van der Waals surface area contributed by atoms with Crippen molar-refractivity contribution in [3.63, 3.8) is 0 Å². The number of methoxy groups -OCH3 is 1. The molecule has 2 aromatic carbocycles. The highest BCUT2D eigenvalue weighted by Crippen LogP contribution is 2.49. The molecule has 1 fully saturated rings. The molecule has 0 radical (unpaired) electrons. The second kappa shape index (κ2) is 11.5. The van der Waals surface area contributed by atoms with E-state index in [9.17, 15) is 19.6 Å². The highest BCUT2D eigenvalue weighted by Gasteiger charge is 2.60. The number of rotatable bonds is 8. The van der Waals surface area contributed by atoms with Crippen molar-refractivity contribution < 1.29 is 28.6 Å². The van der Waals surface area contributed by atoms with Gasteiger partial charge in [-0.1, -0.05) is 49.7 Å². The zero-order chi connectivity index (χ0) is 24.6. The Labute approximate surface area is 199 Å². The first-order valence-corrected chi connectivity index (χ1v) is 11.5. The third kappa shape index (κ3) is 5.12. The summed E-state index contributed by atoms with van der Waals surface area (Å²) in [6.45, 7) is 2.00. The first-order chi connectivity index (χ1) is 16.5. The molecule has 1 aliphatic carbocycles. The Balaban J connectivity index is 1.86. The number of ether oxygens (including phenoxy) is 3. The lowest BCUT2D eigenvalue weighted by Gasteiger charge is -2.45. The summed E-state index contributed by atoms with van der Waals surface area (Å²) in [5.74, 6) is -2.58. The van der Waals surface area contributed by atoms with Crippen LogP contribution in [0.3, 0.4) is 0 Å². The van der Waals surface area contributed by atoms with E-state index in [-0.39, 0.29) is 18.9 Å². The van der Waals surface area contributed by atoms with Gasteiger partial charge >= 0.3 is 17.9 Å². The van der Waals surface area contributed by atoms with Gasteiger partial charge in [-0.3, -0.25) is 4.79 Å². The van der Waals surface area contributed by atoms with Gasteiger partial charge in [0, 0.05) is 0 Å². The highest BCUT2D eigenvalue weighted by atomic mass is 16.6. The van der Waals surface area contributed by atoms with Gasteiger partial charge < -0.3 is 14.2 Å². The lowest BCUT2D eigenvalue weighted by Crippen LogP contribution is -2.55. The van der Waals surface area contributed by atoms with E-state index in [1.165, 1.54) is 7.11 Å². The monoisotopic (exact) mass is 463 g/mol. The van der Waals surface area contributed by atoms with Crippen LogP contribution in [0.15, 0.2) is 60.7 Å². The SMILES string of the molecule is CCC[C@H]1[C@H](COC(=O)c2ccccc2)CC[C@@H](OC(=O)c2ccccc2)[C@]1(C#N)C(=O)OC. The van der Waals surface area contributed by atoms with Crippen LogP contribution in [0.2, 0.25) is 0 Å². The van der Waals surface area contributed by atoms with Crippen LogP contribution in [0.4, 0.5) is 0 Å². The molecule has 34 heavy (non-hydrogen) atoms. The quantitative estimate of drug-likeness (QED) is 0.417. The Morgan fingerprint density at radius 2 is 1.56 bits per heavy atom. The van der Waals surface area contributed by atoms with Crippen LogP contribution in [0.25, 0.3) is 0 Å². The zero-order valence-corrected chi connectivity index (χ0v) is 19.4. The number of carbonyl (C=O) groups is 3. The predicted octanol–water partition coefficient (Wildman–Crippen LogP) is 4.58. The maximum atomic E-state index is 13.1. The van der Waals surface area contributed by atoms with Crippen molar-refractivity contribution in [2.75, 3.05) is 13.7 Å². The van der Waals surface area contributed by atoms with E-state index >= 15 is 0 Å². The van der Waals surface area contributed by atoms with Gasteiger partial charge in [0.1, 0.15) is 6.10 Å². The van der Waals surface area contributed by atoms with E-state index < -0.39 is 35.3 Å². The lowest BCUT2D eigenvalue weighted by atomic mass is 9.59. The molecule has 1 saturated carbocycles. The number of hydrogen-bond donors (Lipinski definition) is 0. The summed E-state index contributed by atoms with van der Waals surface area (Å²) in [6.07, 6.45) is 1.02. The minimum absolute atomic E-state index is 0.0537. The summed E-state index contributed by atoms with van der Waals surface area (Å²) in [5, 5.41) is 10.3. The number of hydrogen-bond acceptors (Lipinski definition) is 7. The van der Waals surface area contributed by atoms with E-state index in [2.05, 4.69) is 6.07 Å². The summed E-state index contributed by atoms with van der Waals surface area (Å²) in [4.78, 5) is 38.4. The molecule has 1 aliphatic rings. The van der Waals surface area contributed by atoms with Gasteiger partial charge in [0.15, 0.2) is 5.41 Å². The molecule has 0 aromatic heterocycles. The number of esters is 3. The number of carbonyl (C=O) groups excluding carboxylic acids is 3. The largest absolute Gasteiger partial charge is 0.468 e. The average molecular weight is 464 g/mol. The van der Waals surface area contributed by atoms with Crippen LogP contribution in [-0.4, -0.2) is 37.7 Å². The topological polar surface area (TPSA) is 103 Å². The lowest BCUT2D eigenvalue weighted by molar-refractivity contribution is -0.168. The maximum absolute atomic E-state index is 13.1. The number of benzene rings is 2. The Kier molecular flexibility index (Phi) is 8.42. The van der Waals surface area contributed by atoms with Gasteiger partial charge in [-0.2, -0.15) is 5.26 Å². The average Bonchev–Trinajstić information content (AvgIpc) is 2.89. The van der Waals surface area contributed by atoms with E-state index in [0.29, 0.717) is 30.4 Å². The van der Waals surface area contributed by atoms with Crippen molar-refractivity contribution in [1.82, 2.24) is 0 Å². The Bertz CT molecular complexity index is 1030. The fourth-order valence-corrected chi connectivity index (χ4v) is 4.79. The second-order valence-electron chi connectivity index (χ2n) is 8.43. The Morgan fingerprint density at radius 1 is 0.971 bits per heavy atom. The van der Waals surface area contributed by atoms with Crippen molar-refractivity contribution in [2.24, 2.45) is 17.3 Å². The maximum Gasteiger partial charge on any atom is 0.338 e. The van der Waals surface area contributed by atoms with Crippen LogP contribution < -0.4 is 0 Å². The zero-order valence-electron chi connectivity index (χ0n) is 19.4. The summed E-state index contributed by atoms with van der Waals surface area (Å²) in [6, 6.07) is 19.3. The summed E-state index contributed by atoms with van der Waals surface area (Å²) >= 11 is 0. The summed E-state index contributed by atoms with van der Waals surface area (Å²) in [5.41, 5.74) is -0.929. The third-order valence-corrected chi connectivity index (χ3v) is 6.47. The molecule has 2 aromatic rings.